The van der Waals surface area contributed by atoms with Crippen molar-refractivity contribution < 1.29 is 9.53 Å². The first-order valence-corrected chi connectivity index (χ1v) is 7.37. The van der Waals surface area contributed by atoms with E-state index in [9.17, 15) is 4.79 Å². The molecular weight excluding hydrogens is 252 g/mol. The average molecular weight is 276 g/mol. The highest BCUT2D eigenvalue weighted by atomic mass is 16.5. The zero-order valence-corrected chi connectivity index (χ0v) is 12.3. The highest BCUT2D eigenvalue weighted by molar-refractivity contribution is 5.89. The zero-order chi connectivity index (χ0) is 14.4. The topological polar surface area (TPSA) is 50.4 Å². The summed E-state index contributed by atoms with van der Waals surface area (Å²) in [4.78, 5) is 11.9. The lowest BCUT2D eigenvalue weighted by Crippen LogP contribution is -2.35. The molecule has 1 heterocycles. The predicted molar refractivity (Wildman–Crippen MR) is 81.1 cm³/mol. The molecule has 20 heavy (non-hydrogen) atoms. The molecule has 1 aromatic rings. The van der Waals surface area contributed by atoms with Gasteiger partial charge in [-0.1, -0.05) is 26.0 Å². The van der Waals surface area contributed by atoms with E-state index >= 15 is 0 Å². The van der Waals surface area contributed by atoms with Crippen LogP contribution in [0.5, 0.6) is 0 Å². The number of carbonyl (C=O) groups is 1. The van der Waals surface area contributed by atoms with Crippen molar-refractivity contribution in [2.45, 2.75) is 32.6 Å². The first-order chi connectivity index (χ1) is 9.65. The molecule has 0 aromatic heterocycles. The van der Waals surface area contributed by atoms with E-state index in [-0.39, 0.29) is 6.03 Å². The maximum Gasteiger partial charge on any atom is 0.319 e. The summed E-state index contributed by atoms with van der Waals surface area (Å²) in [7, 11) is 0. The number of hydrogen-bond donors (Lipinski definition) is 2. The Labute approximate surface area is 120 Å². The lowest BCUT2D eigenvalue weighted by atomic mass is 10.0. The zero-order valence-electron chi connectivity index (χ0n) is 12.3. The molecule has 0 saturated carbocycles. The minimum absolute atomic E-state index is 0.142. The molecule has 4 heteroatoms. The third-order valence-corrected chi connectivity index (χ3v) is 3.62. The van der Waals surface area contributed by atoms with Crippen molar-refractivity contribution in [1.29, 1.82) is 0 Å². The third kappa shape index (κ3) is 4.53. The number of nitrogens with one attached hydrogen (secondary N) is 2. The maximum absolute atomic E-state index is 11.9. The highest BCUT2D eigenvalue weighted by Gasteiger charge is 2.14. The SMILES string of the molecule is CC(C)c1cccc(NC(=O)NCC2CCCOC2)c1. The van der Waals surface area contributed by atoms with E-state index < -0.39 is 0 Å². The number of urea groups is 1. The van der Waals surface area contributed by atoms with E-state index in [1.807, 2.05) is 18.2 Å². The molecule has 0 aliphatic carbocycles. The van der Waals surface area contributed by atoms with Gasteiger partial charge in [0.15, 0.2) is 0 Å². The summed E-state index contributed by atoms with van der Waals surface area (Å²) in [5, 5.41) is 5.81. The van der Waals surface area contributed by atoms with Crippen molar-refractivity contribution in [3.05, 3.63) is 29.8 Å². The molecule has 2 rings (SSSR count). The van der Waals surface area contributed by atoms with Crippen LogP contribution in [-0.4, -0.2) is 25.8 Å². The molecule has 1 saturated heterocycles. The van der Waals surface area contributed by atoms with Gasteiger partial charge in [0.25, 0.3) is 0 Å². The van der Waals surface area contributed by atoms with Crippen LogP contribution < -0.4 is 10.6 Å². The standard InChI is InChI=1S/C16H24N2O2/c1-12(2)14-6-3-7-15(9-14)18-16(19)17-10-13-5-4-8-20-11-13/h3,6-7,9,12-13H,4-5,8,10-11H2,1-2H3,(H2,17,18,19). The summed E-state index contributed by atoms with van der Waals surface area (Å²) in [6.45, 7) is 6.56. The van der Waals surface area contributed by atoms with Gasteiger partial charge in [-0.3, -0.25) is 0 Å². The van der Waals surface area contributed by atoms with Gasteiger partial charge in [-0.15, -0.1) is 0 Å². The number of ether oxygens (including phenoxy) is 1. The molecule has 1 aliphatic heterocycles. The summed E-state index contributed by atoms with van der Waals surface area (Å²) < 4.78 is 5.40. The van der Waals surface area contributed by atoms with Gasteiger partial charge in [-0.2, -0.15) is 0 Å². The van der Waals surface area contributed by atoms with E-state index in [1.54, 1.807) is 0 Å². The molecule has 1 unspecified atom stereocenters. The Morgan fingerprint density at radius 2 is 2.30 bits per heavy atom. The van der Waals surface area contributed by atoms with Crippen molar-refractivity contribution in [3.8, 4) is 0 Å². The number of anilines is 1. The van der Waals surface area contributed by atoms with Crippen LogP contribution in [0.3, 0.4) is 0 Å². The Hall–Kier alpha value is -1.55. The number of carbonyl (C=O) groups excluding carboxylic acids is 1. The summed E-state index contributed by atoms with van der Waals surface area (Å²) in [6.07, 6.45) is 2.22. The van der Waals surface area contributed by atoms with Crippen molar-refractivity contribution >= 4 is 11.7 Å². The van der Waals surface area contributed by atoms with Crippen LogP contribution in [-0.2, 0) is 4.74 Å². The van der Waals surface area contributed by atoms with E-state index in [4.69, 9.17) is 4.74 Å². The lowest BCUT2D eigenvalue weighted by molar-refractivity contribution is 0.0559. The number of rotatable bonds is 4. The van der Waals surface area contributed by atoms with Gasteiger partial charge in [-0.05, 0) is 42.4 Å². The predicted octanol–water partition coefficient (Wildman–Crippen LogP) is 3.36. The first-order valence-electron chi connectivity index (χ1n) is 7.37. The minimum Gasteiger partial charge on any atom is -0.381 e. The van der Waals surface area contributed by atoms with E-state index in [2.05, 4.69) is 30.5 Å². The lowest BCUT2D eigenvalue weighted by Gasteiger charge is -2.22. The molecule has 0 radical (unpaired) electrons. The fraction of sp³-hybridized carbons (Fsp3) is 0.562. The summed E-state index contributed by atoms with van der Waals surface area (Å²) in [5.41, 5.74) is 2.07. The quantitative estimate of drug-likeness (QED) is 0.886. The van der Waals surface area contributed by atoms with Gasteiger partial charge >= 0.3 is 6.03 Å². The Bertz CT molecular complexity index is 440. The minimum atomic E-state index is -0.142. The molecular formula is C16H24N2O2. The Morgan fingerprint density at radius 3 is 3.00 bits per heavy atom. The van der Waals surface area contributed by atoms with Gasteiger partial charge in [0.2, 0.25) is 0 Å². The van der Waals surface area contributed by atoms with Crippen LogP contribution in [0.15, 0.2) is 24.3 Å². The molecule has 1 aliphatic rings. The van der Waals surface area contributed by atoms with Crippen LogP contribution >= 0.6 is 0 Å². The maximum atomic E-state index is 11.9. The van der Waals surface area contributed by atoms with Gasteiger partial charge in [0, 0.05) is 18.8 Å². The highest BCUT2D eigenvalue weighted by Crippen LogP contribution is 2.18. The molecule has 0 bridgehead atoms. The molecule has 110 valence electrons. The van der Waals surface area contributed by atoms with Gasteiger partial charge in [0.05, 0.1) is 6.61 Å². The number of benzene rings is 1. The normalized spacial score (nSPS) is 18.9. The van der Waals surface area contributed by atoms with E-state index in [0.29, 0.717) is 18.4 Å². The van der Waals surface area contributed by atoms with Gasteiger partial charge in [0.1, 0.15) is 0 Å². The summed E-state index contributed by atoms with van der Waals surface area (Å²) in [5.74, 6) is 0.899. The van der Waals surface area contributed by atoms with Gasteiger partial charge < -0.3 is 15.4 Å². The van der Waals surface area contributed by atoms with Crippen LogP contribution in [0.4, 0.5) is 10.5 Å². The number of hydrogen-bond acceptors (Lipinski definition) is 2. The largest absolute Gasteiger partial charge is 0.381 e. The fourth-order valence-corrected chi connectivity index (χ4v) is 2.36. The average Bonchev–Trinajstić information content (AvgIpc) is 2.46. The molecule has 2 N–H and O–H groups in total. The molecule has 1 atom stereocenters. The van der Waals surface area contributed by atoms with Crippen molar-refractivity contribution in [3.63, 3.8) is 0 Å². The second kappa shape index (κ2) is 7.29. The first kappa shape index (κ1) is 14.9. The monoisotopic (exact) mass is 276 g/mol. The molecule has 1 fully saturated rings. The second-order valence-electron chi connectivity index (χ2n) is 5.70. The Morgan fingerprint density at radius 1 is 1.45 bits per heavy atom. The third-order valence-electron chi connectivity index (χ3n) is 3.62. The van der Waals surface area contributed by atoms with Crippen LogP contribution in [0.25, 0.3) is 0 Å². The van der Waals surface area contributed by atoms with Crippen LogP contribution in [0.2, 0.25) is 0 Å². The van der Waals surface area contributed by atoms with E-state index in [0.717, 1.165) is 31.7 Å². The van der Waals surface area contributed by atoms with E-state index in [1.165, 1.54) is 5.56 Å². The molecule has 0 spiro atoms. The van der Waals surface area contributed by atoms with Crippen molar-refractivity contribution in [2.75, 3.05) is 25.1 Å². The molecule has 1 aromatic carbocycles. The Kier molecular flexibility index (Phi) is 5.41. The summed E-state index contributed by atoms with van der Waals surface area (Å²) in [6, 6.07) is 7.84. The Balaban J connectivity index is 1.80. The fourth-order valence-electron chi connectivity index (χ4n) is 2.36. The molecule has 2 amide bonds. The van der Waals surface area contributed by atoms with Crippen LogP contribution in [0, 0.1) is 5.92 Å². The van der Waals surface area contributed by atoms with Gasteiger partial charge in [-0.25, -0.2) is 4.79 Å². The summed E-state index contributed by atoms with van der Waals surface area (Å²) >= 11 is 0. The van der Waals surface area contributed by atoms with Crippen molar-refractivity contribution in [1.82, 2.24) is 5.32 Å². The van der Waals surface area contributed by atoms with Crippen LogP contribution in [0.1, 0.15) is 38.2 Å². The number of amides is 2. The smallest absolute Gasteiger partial charge is 0.319 e. The second-order valence-corrected chi connectivity index (χ2v) is 5.70. The van der Waals surface area contributed by atoms with Crippen molar-refractivity contribution in [2.24, 2.45) is 5.92 Å². The molecule has 4 nitrogen and oxygen atoms in total.